The summed E-state index contributed by atoms with van der Waals surface area (Å²) in [7, 11) is 0. The third-order valence-electron chi connectivity index (χ3n) is 2.45. The molecule has 0 N–H and O–H groups in total. The van der Waals surface area contributed by atoms with Gasteiger partial charge in [0.05, 0.1) is 13.0 Å². The van der Waals surface area contributed by atoms with Crippen LogP contribution in [-0.4, -0.2) is 34.9 Å². The molecule has 0 aromatic carbocycles. The van der Waals surface area contributed by atoms with E-state index in [1.165, 1.54) is 18.0 Å². The molecule has 22 heavy (non-hydrogen) atoms. The fourth-order valence-corrected chi connectivity index (χ4v) is 2.56. The Balaban J connectivity index is 2.92. The van der Waals surface area contributed by atoms with Gasteiger partial charge >= 0.3 is 11.9 Å². The standard InChI is InChI=1S/C16H23NO4S/c1-6-20-15(19)14-12(22-7-2)8-11(10-17-14)9-13(18)21-16(3,4)5/h8,10H,6-7,9H2,1-5H3. The SMILES string of the molecule is CCOC(=O)c1ncc(CC(=O)OC(C)(C)C)cc1SCC. The molecule has 0 amide bonds. The predicted molar refractivity (Wildman–Crippen MR) is 86.1 cm³/mol. The molecule has 1 aromatic heterocycles. The summed E-state index contributed by atoms with van der Waals surface area (Å²) in [4.78, 5) is 28.6. The van der Waals surface area contributed by atoms with Gasteiger partial charge in [-0.3, -0.25) is 4.79 Å². The molecule has 0 radical (unpaired) electrons. The quantitative estimate of drug-likeness (QED) is 0.591. The Kier molecular flexibility index (Phi) is 6.87. The van der Waals surface area contributed by atoms with Crippen molar-refractivity contribution in [3.63, 3.8) is 0 Å². The van der Waals surface area contributed by atoms with Crippen LogP contribution in [0.2, 0.25) is 0 Å². The average molecular weight is 325 g/mol. The zero-order valence-corrected chi connectivity index (χ0v) is 14.6. The normalized spacial score (nSPS) is 11.1. The van der Waals surface area contributed by atoms with E-state index in [9.17, 15) is 9.59 Å². The van der Waals surface area contributed by atoms with Crippen molar-refractivity contribution >= 4 is 23.7 Å². The van der Waals surface area contributed by atoms with Crippen LogP contribution in [0, 0.1) is 0 Å². The highest BCUT2D eigenvalue weighted by atomic mass is 32.2. The van der Waals surface area contributed by atoms with Gasteiger partial charge in [-0.15, -0.1) is 11.8 Å². The summed E-state index contributed by atoms with van der Waals surface area (Å²) in [6.45, 7) is 9.51. The third-order valence-corrected chi connectivity index (χ3v) is 3.36. The predicted octanol–water partition coefficient (Wildman–Crippen LogP) is 3.25. The van der Waals surface area contributed by atoms with E-state index in [2.05, 4.69) is 4.98 Å². The van der Waals surface area contributed by atoms with E-state index in [4.69, 9.17) is 9.47 Å². The van der Waals surface area contributed by atoms with Crippen LogP contribution in [0.5, 0.6) is 0 Å². The summed E-state index contributed by atoms with van der Waals surface area (Å²) < 4.78 is 10.3. The Hall–Kier alpha value is -1.56. The van der Waals surface area contributed by atoms with E-state index in [1.54, 1.807) is 13.0 Å². The van der Waals surface area contributed by atoms with Crippen LogP contribution in [-0.2, 0) is 20.7 Å². The maximum absolute atomic E-state index is 11.9. The summed E-state index contributed by atoms with van der Waals surface area (Å²) in [6.07, 6.45) is 1.65. The van der Waals surface area contributed by atoms with E-state index in [1.807, 2.05) is 27.7 Å². The molecule has 0 bridgehead atoms. The first-order chi connectivity index (χ1) is 10.3. The Morgan fingerprint density at radius 2 is 1.95 bits per heavy atom. The van der Waals surface area contributed by atoms with Gasteiger partial charge in [0.2, 0.25) is 0 Å². The van der Waals surface area contributed by atoms with Crippen LogP contribution < -0.4 is 0 Å². The molecule has 0 saturated heterocycles. The van der Waals surface area contributed by atoms with Gasteiger partial charge in [-0.2, -0.15) is 0 Å². The van der Waals surface area contributed by atoms with Gasteiger partial charge in [-0.25, -0.2) is 9.78 Å². The summed E-state index contributed by atoms with van der Waals surface area (Å²) in [5, 5.41) is 0. The number of pyridine rings is 1. The zero-order chi connectivity index (χ0) is 16.8. The molecule has 0 spiro atoms. The van der Waals surface area contributed by atoms with Gasteiger partial charge < -0.3 is 9.47 Å². The molecule has 1 heterocycles. The van der Waals surface area contributed by atoms with Crippen LogP contribution in [0.15, 0.2) is 17.2 Å². The number of rotatable bonds is 6. The number of hydrogen-bond acceptors (Lipinski definition) is 6. The van der Waals surface area contributed by atoms with Crippen LogP contribution in [0.1, 0.15) is 50.7 Å². The van der Waals surface area contributed by atoms with Crippen molar-refractivity contribution < 1.29 is 19.1 Å². The van der Waals surface area contributed by atoms with Crippen molar-refractivity contribution in [2.75, 3.05) is 12.4 Å². The van der Waals surface area contributed by atoms with E-state index >= 15 is 0 Å². The zero-order valence-electron chi connectivity index (χ0n) is 13.8. The second kappa shape index (κ2) is 8.17. The van der Waals surface area contributed by atoms with Gasteiger partial charge in [-0.1, -0.05) is 6.92 Å². The molecule has 5 nitrogen and oxygen atoms in total. The highest BCUT2D eigenvalue weighted by Gasteiger charge is 2.19. The highest BCUT2D eigenvalue weighted by molar-refractivity contribution is 7.99. The molecular formula is C16H23NO4S. The lowest BCUT2D eigenvalue weighted by molar-refractivity contribution is -0.153. The summed E-state index contributed by atoms with van der Waals surface area (Å²) >= 11 is 1.50. The number of ether oxygens (including phenoxy) is 2. The van der Waals surface area contributed by atoms with Crippen LogP contribution in [0.3, 0.4) is 0 Å². The van der Waals surface area contributed by atoms with Crippen molar-refractivity contribution in [1.82, 2.24) is 4.98 Å². The average Bonchev–Trinajstić information content (AvgIpc) is 2.37. The van der Waals surface area contributed by atoms with Crippen LogP contribution >= 0.6 is 11.8 Å². The maximum Gasteiger partial charge on any atom is 0.358 e. The van der Waals surface area contributed by atoms with Gasteiger partial charge in [0.25, 0.3) is 0 Å². The molecule has 0 aliphatic heterocycles. The fourth-order valence-electron chi connectivity index (χ4n) is 1.74. The number of carbonyl (C=O) groups excluding carboxylic acids is 2. The molecule has 0 atom stereocenters. The van der Waals surface area contributed by atoms with Gasteiger partial charge in [0.15, 0.2) is 5.69 Å². The summed E-state index contributed by atoms with van der Waals surface area (Å²) in [5.74, 6) is 0.0390. The largest absolute Gasteiger partial charge is 0.461 e. The number of esters is 2. The Bertz CT molecular complexity index is 537. The first-order valence-corrected chi connectivity index (χ1v) is 8.26. The molecule has 0 unspecified atom stereocenters. The first-order valence-electron chi connectivity index (χ1n) is 7.27. The molecule has 0 aliphatic rings. The summed E-state index contributed by atoms with van der Waals surface area (Å²) in [5.41, 5.74) is 0.496. The number of carbonyl (C=O) groups is 2. The van der Waals surface area contributed by atoms with Gasteiger partial charge in [-0.05, 0) is 45.1 Å². The van der Waals surface area contributed by atoms with Crippen molar-refractivity contribution in [2.24, 2.45) is 0 Å². The smallest absolute Gasteiger partial charge is 0.358 e. The maximum atomic E-state index is 11.9. The van der Waals surface area contributed by atoms with E-state index < -0.39 is 11.6 Å². The third kappa shape index (κ3) is 6.05. The highest BCUT2D eigenvalue weighted by Crippen LogP contribution is 2.23. The first kappa shape index (κ1) is 18.5. The molecule has 0 fully saturated rings. The van der Waals surface area contributed by atoms with Gasteiger partial charge in [0, 0.05) is 11.1 Å². The lowest BCUT2D eigenvalue weighted by atomic mass is 10.1. The second-order valence-electron chi connectivity index (χ2n) is 5.61. The molecule has 0 aliphatic carbocycles. The molecular weight excluding hydrogens is 302 g/mol. The summed E-state index contributed by atoms with van der Waals surface area (Å²) in [6, 6.07) is 1.80. The molecule has 1 aromatic rings. The van der Waals surface area contributed by atoms with Crippen molar-refractivity contribution in [1.29, 1.82) is 0 Å². The molecule has 0 saturated carbocycles. The molecule has 1 rings (SSSR count). The molecule has 122 valence electrons. The topological polar surface area (TPSA) is 65.5 Å². The Morgan fingerprint density at radius 1 is 1.27 bits per heavy atom. The van der Waals surface area contributed by atoms with Crippen molar-refractivity contribution in [3.05, 3.63) is 23.5 Å². The number of aromatic nitrogens is 1. The number of hydrogen-bond donors (Lipinski definition) is 0. The Labute approximate surface area is 135 Å². The van der Waals surface area contributed by atoms with E-state index in [0.717, 1.165) is 16.2 Å². The monoisotopic (exact) mass is 325 g/mol. The van der Waals surface area contributed by atoms with Crippen LogP contribution in [0.4, 0.5) is 0 Å². The lowest BCUT2D eigenvalue weighted by Crippen LogP contribution is -2.25. The number of thioether (sulfide) groups is 1. The van der Waals surface area contributed by atoms with Crippen molar-refractivity contribution in [3.8, 4) is 0 Å². The molecule has 6 heteroatoms. The van der Waals surface area contributed by atoms with Crippen LogP contribution in [0.25, 0.3) is 0 Å². The minimum atomic E-state index is -0.517. The van der Waals surface area contributed by atoms with Crippen molar-refractivity contribution in [2.45, 2.75) is 51.5 Å². The minimum absolute atomic E-state index is 0.130. The minimum Gasteiger partial charge on any atom is -0.461 e. The van der Waals surface area contributed by atoms with Gasteiger partial charge in [0.1, 0.15) is 5.60 Å². The fraction of sp³-hybridized carbons (Fsp3) is 0.562. The Morgan fingerprint density at radius 3 is 2.50 bits per heavy atom. The lowest BCUT2D eigenvalue weighted by Gasteiger charge is -2.19. The van der Waals surface area contributed by atoms with E-state index in [-0.39, 0.29) is 12.4 Å². The van der Waals surface area contributed by atoms with E-state index in [0.29, 0.717) is 12.3 Å². The second-order valence-corrected chi connectivity index (χ2v) is 6.91. The number of nitrogens with zero attached hydrogens (tertiary/aromatic N) is 1.